The molecular formula is C11H17N3O. The second kappa shape index (κ2) is 5.46. The Morgan fingerprint density at radius 1 is 1.53 bits per heavy atom. The summed E-state index contributed by atoms with van der Waals surface area (Å²) >= 11 is 0. The van der Waals surface area contributed by atoms with Crippen molar-refractivity contribution in [3.8, 4) is 0 Å². The molecule has 1 unspecified atom stereocenters. The predicted octanol–water partition coefficient (Wildman–Crippen LogP) is 1.18. The number of rotatable bonds is 4. The molecule has 0 aromatic carbocycles. The van der Waals surface area contributed by atoms with Gasteiger partial charge in [0.1, 0.15) is 0 Å². The summed E-state index contributed by atoms with van der Waals surface area (Å²) in [5.74, 6) is -0.0349. The van der Waals surface area contributed by atoms with Crippen molar-refractivity contribution in [2.24, 2.45) is 5.92 Å². The highest BCUT2D eigenvalue weighted by Gasteiger charge is 2.11. The number of aryl methyl sites for hydroxylation is 1. The molecule has 1 amide bonds. The summed E-state index contributed by atoms with van der Waals surface area (Å²) in [7, 11) is 1.83. The highest BCUT2D eigenvalue weighted by molar-refractivity contribution is 5.92. The van der Waals surface area contributed by atoms with Crippen LogP contribution in [0.4, 0.5) is 5.69 Å². The zero-order valence-electron chi connectivity index (χ0n) is 9.37. The highest BCUT2D eigenvalue weighted by atomic mass is 16.1. The lowest BCUT2D eigenvalue weighted by Gasteiger charge is -2.11. The van der Waals surface area contributed by atoms with Gasteiger partial charge in [0.2, 0.25) is 5.91 Å². The van der Waals surface area contributed by atoms with Gasteiger partial charge in [-0.1, -0.05) is 6.92 Å². The zero-order chi connectivity index (χ0) is 11.3. The summed E-state index contributed by atoms with van der Waals surface area (Å²) in [4.78, 5) is 15.6. The predicted molar refractivity (Wildman–Crippen MR) is 60.7 cm³/mol. The number of carbonyl (C=O) groups excluding carboxylic acids is 1. The Bertz CT molecular complexity index is 338. The average molecular weight is 207 g/mol. The number of pyridine rings is 1. The standard InChI is InChI=1S/C11H17N3O/c1-8-4-10(7-13-5-8)14-11(15)9(2)6-12-3/h4-5,7,9,12H,6H2,1-3H3,(H,14,15). The second-order valence-electron chi connectivity index (χ2n) is 3.70. The van der Waals surface area contributed by atoms with Crippen molar-refractivity contribution < 1.29 is 4.79 Å². The quantitative estimate of drug-likeness (QED) is 0.779. The Balaban J connectivity index is 2.58. The first-order valence-electron chi connectivity index (χ1n) is 5.00. The number of nitrogens with one attached hydrogen (secondary N) is 2. The van der Waals surface area contributed by atoms with E-state index in [4.69, 9.17) is 0 Å². The molecule has 0 spiro atoms. The molecule has 1 rings (SSSR count). The van der Waals surface area contributed by atoms with E-state index in [1.807, 2.05) is 27.0 Å². The largest absolute Gasteiger partial charge is 0.324 e. The van der Waals surface area contributed by atoms with Crippen molar-refractivity contribution in [3.05, 3.63) is 24.0 Å². The van der Waals surface area contributed by atoms with Gasteiger partial charge in [0, 0.05) is 18.7 Å². The first kappa shape index (κ1) is 11.7. The lowest BCUT2D eigenvalue weighted by molar-refractivity contribution is -0.119. The van der Waals surface area contributed by atoms with E-state index in [2.05, 4.69) is 15.6 Å². The molecule has 0 bridgehead atoms. The van der Waals surface area contributed by atoms with Crippen LogP contribution < -0.4 is 10.6 Å². The molecule has 0 saturated heterocycles. The normalized spacial score (nSPS) is 12.2. The zero-order valence-corrected chi connectivity index (χ0v) is 9.37. The van der Waals surface area contributed by atoms with Crippen LogP contribution in [0.15, 0.2) is 18.5 Å². The molecule has 1 aromatic heterocycles. The summed E-state index contributed by atoms with van der Waals surface area (Å²) in [6, 6.07) is 1.90. The number of aromatic nitrogens is 1. The summed E-state index contributed by atoms with van der Waals surface area (Å²) in [6.07, 6.45) is 3.41. The topological polar surface area (TPSA) is 54.0 Å². The monoisotopic (exact) mass is 207 g/mol. The van der Waals surface area contributed by atoms with Crippen LogP contribution in [-0.4, -0.2) is 24.5 Å². The minimum atomic E-state index is -0.0458. The van der Waals surface area contributed by atoms with E-state index in [0.29, 0.717) is 6.54 Å². The number of hydrogen-bond donors (Lipinski definition) is 2. The molecule has 0 aliphatic rings. The van der Waals surface area contributed by atoms with E-state index in [1.165, 1.54) is 0 Å². The van der Waals surface area contributed by atoms with Crippen LogP contribution in [0.1, 0.15) is 12.5 Å². The second-order valence-corrected chi connectivity index (χ2v) is 3.70. The molecular weight excluding hydrogens is 190 g/mol. The Morgan fingerprint density at radius 3 is 2.87 bits per heavy atom. The van der Waals surface area contributed by atoms with E-state index in [9.17, 15) is 4.79 Å². The van der Waals surface area contributed by atoms with Crippen LogP contribution in [0.3, 0.4) is 0 Å². The maximum Gasteiger partial charge on any atom is 0.228 e. The van der Waals surface area contributed by atoms with Gasteiger partial charge < -0.3 is 10.6 Å². The molecule has 0 aliphatic carbocycles. The molecule has 0 radical (unpaired) electrons. The SMILES string of the molecule is CNCC(C)C(=O)Nc1cncc(C)c1. The first-order valence-corrected chi connectivity index (χ1v) is 5.00. The van der Waals surface area contributed by atoms with Gasteiger partial charge in [0.25, 0.3) is 0 Å². The molecule has 4 nitrogen and oxygen atoms in total. The molecule has 0 aliphatic heterocycles. The summed E-state index contributed by atoms with van der Waals surface area (Å²) in [6.45, 7) is 4.50. The molecule has 1 aromatic rings. The minimum absolute atomic E-state index is 0.0109. The molecule has 0 saturated carbocycles. The smallest absolute Gasteiger partial charge is 0.228 e. The third kappa shape index (κ3) is 3.67. The number of carbonyl (C=O) groups is 1. The van der Waals surface area contributed by atoms with E-state index in [-0.39, 0.29) is 11.8 Å². The van der Waals surface area contributed by atoms with Gasteiger partial charge in [-0.25, -0.2) is 0 Å². The van der Waals surface area contributed by atoms with Crippen molar-refractivity contribution in [2.45, 2.75) is 13.8 Å². The van der Waals surface area contributed by atoms with Crippen molar-refractivity contribution >= 4 is 11.6 Å². The van der Waals surface area contributed by atoms with Gasteiger partial charge in [-0.05, 0) is 25.6 Å². The maximum absolute atomic E-state index is 11.6. The van der Waals surface area contributed by atoms with Crippen molar-refractivity contribution in [3.63, 3.8) is 0 Å². The van der Waals surface area contributed by atoms with E-state index < -0.39 is 0 Å². The lowest BCUT2D eigenvalue weighted by Crippen LogP contribution is -2.28. The highest BCUT2D eigenvalue weighted by Crippen LogP contribution is 2.08. The molecule has 0 fully saturated rings. The summed E-state index contributed by atoms with van der Waals surface area (Å²) in [5.41, 5.74) is 1.79. The molecule has 15 heavy (non-hydrogen) atoms. The van der Waals surface area contributed by atoms with E-state index in [1.54, 1.807) is 12.4 Å². The molecule has 1 heterocycles. The third-order valence-corrected chi connectivity index (χ3v) is 2.10. The Kier molecular flexibility index (Phi) is 4.24. The maximum atomic E-state index is 11.6. The average Bonchev–Trinajstić information content (AvgIpc) is 2.18. The Morgan fingerprint density at radius 2 is 2.27 bits per heavy atom. The van der Waals surface area contributed by atoms with Gasteiger partial charge in [-0.15, -0.1) is 0 Å². The fourth-order valence-electron chi connectivity index (χ4n) is 1.29. The Labute approximate surface area is 90.1 Å². The molecule has 2 N–H and O–H groups in total. The fraction of sp³-hybridized carbons (Fsp3) is 0.455. The Hall–Kier alpha value is -1.42. The number of nitrogens with zero attached hydrogens (tertiary/aromatic N) is 1. The number of anilines is 1. The molecule has 82 valence electrons. The first-order chi connectivity index (χ1) is 7.13. The van der Waals surface area contributed by atoms with Gasteiger partial charge in [-0.2, -0.15) is 0 Å². The van der Waals surface area contributed by atoms with Crippen LogP contribution in [0.25, 0.3) is 0 Å². The minimum Gasteiger partial charge on any atom is -0.324 e. The molecule has 4 heteroatoms. The van der Waals surface area contributed by atoms with Crippen LogP contribution in [-0.2, 0) is 4.79 Å². The third-order valence-electron chi connectivity index (χ3n) is 2.10. The van der Waals surface area contributed by atoms with Gasteiger partial charge in [0.05, 0.1) is 11.9 Å². The van der Waals surface area contributed by atoms with Gasteiger partial charge in [0.15, 0.2) is 0 Å². The molecule has 1 atom stereocenters. The van der Waals surface area contributed by atoms with Crippen LogP contribution in [0, 0.1) is 12.8 Å². The number of hydrogen-bond acceptors (Lipinski definition) is 3. The van der Waals surface area contributed by atoms with E-state index in [0.717, 1.165) is 11.3 Å². The number of amides is 1. The summed E-state index contributed by atoms with van der Waals surface area (Å²) < 4.78 is 0. The van der Waals surface area contributed by atoms with Crippen molar-refractivity contribution in [1.82, 2.24) is 10.3 Å². The fourth-order valence-corrected chi connectivity index (χ4v) is 1.29. The van der Waals surface area contributed by atoms with E-state index >= 15 is 0 Å². The summed E-state index contributed by atoms with van der Waals surface area (Å²) in [5, 5.41) is 5.79. The van der Waals surface area contributed by atoms with Crippen LogP contribution in [0.2, 0.25) is 0 Å². The van der Waals surface area contributed by atoms with Gasteiger partial charge in [-0.3, -0.25) is 9.78 Å². The van der Waals surface area contributed by atoms with Crippen molar-refractivity contribution in [2.75, 3.05) is 18.9 Å². The van der Waals surface area contributed by atoms with Crippen LogP contribution >= 0.6 is 0 Å². The lowest BCUT2D eigenvalue weighted by atomic mass is 10.1. The van der Waals surface area contributed by atoms with Crippen LogP contribution in [0.5, 0.6) is 0 Å². The van der Waals surface area contributed by atoms with Crippen molar-refractivity contribution in [1.29, 1.82) is 0 Å². The van der Waals surface area contributed by atoms with Gasteiger partial charge >= 0.3 is 0 Å².